The number of pyridine rings is 1. The first-order valence-corrected chi connectivity index (χ1v) is 6.05. The van der Waals surface area contributed by atoms with Crippen LogP contribution < -0.4 is 5.43 Å². The summed E-state index contributed by atoms with van der Waals surface area (Å²) in [4.78, 5) is 15.1. The number of fused-ring (bicyclic) bond motifs is 1. The molecule has 4 heteroatoms. The Kier molecular flexibility index (Phi) is 3.45. The zero-order chi connectivity index (χ0) is 13.3. The van der Waals surface area contributed by atoms with Crippen LogP contribution in [0.3, 0.4) is 0 Å². The summed E-state index contributed by atoms with van der Waals surface area (Å²) >= 11 is 0. The van der Waals surface area contributed by atoms with Gasteiger partial charge in [0, 0.05) is 17.3 Å². The van der Waals surface area contributed by atoms with Crippen molar-refractivity contribution in [2.24, 2.45) is 0 Å². The van der Waals surface area contributed by atoms with Crippen LogP contribution in [0.25, 0.3) is 10.9 Å². The van der Waals surface area contributed by atoms with Gasteiger partial charge in [-0.15, -0.1) is 0 Å². The number of hydrogen-bond donors (Lipinski definition) is 1. The highest BCUT2D eigenvalue weighted by Crippen LogP contribution is 2.17. The molecule has 0 spiro atoms. The second-order valence-electron chi connectivity index (χ2n) is 4.47. The molecule has 0 atom stereocenters. The zero-order valence-electron chi connectivity index (χ0n) is 10.4. The number of hydrogen-bond acceptors (Lipinski definition) is 1. The lowest BCUT2D eigenvalue weighted by atomic mass is 10.0. The fourth-order valence-electron chi connectivity index (χ4n) is 2.16. The summed E-state index contributed by atoms with van der Waals surface area (Å²) in [5.41, 5.74) is 1.17. The van der Waals surface area contributed by atoms with Gasteiger partial charge in [0.05, 0.1) is 10.9 Å². The fourth-order valence-corrected chi connectivity index (χ4v) is 2.16. The van der Waals surface area contributed by atoms with Gasteiger partial charge in [0.15, 0.2) is 5.43 Å². The van der Waals surface area contributed by atoms with E-state index >= 15 is 0 Å². The highest BCUT2D eigenvalue weighted by molar-refractivity contribution is 5.80. The molecule has 0 saturated carbocycles. The van der Waals surface area contributed by atoms with Crippen LogP contribution in [0.4, 0.5) is 8.78 Å². The van der Waals surface area contributed by atoms with Gasteiger partial charge in [-0.1, -0.05) is 13.3 Å². The SMILES string of the molecule is CCCCc1c(C)[nH]c2cc(F)cc(F)c2c1=O. The van der Waals surface area contributed by atoms with Gasteiger partial charge in [-0.05, 0) is 25.8 Å². The van der Waals surface area contributed by atoms with Crippen molar-refractivity contribution in [2.45, 2.75) is 33.1 Å². The summed E-state index contributed by atoms with van der Waals surface area (Å²) < 4.78 is 26.8. The summed E-state index contributed by atoms with van der Waals surface area (Å²) in [5, 5.41) is -0.0481. The van der Waals surface area contributed by atoms with Crippen LogP contribution in [-0.4, -0.2) is 4.98 Å². The molecule has 0 fully saturated rings. The van der Waals surface area contributed by atoms with Crippen LogP contribution >= 0.6 is 0 Å². The molecule has 2 aromatic rings. The molecule has 1 N–H and O–H groups in total. The summed E-state index contributed by atoms with van der Waals surface area (Å²) in [6.07, 6.45) is 2.45. The predicted molar refractivity (Wildman–Crippen MR) is 67.8 cm³/mol. The Balaban J connectivity index is 2.73. The lowest BCUT2D eigenvalue weighted by Crippen LogP contribution is -2.15. The molecule has 96 valence electrons. The fraction of sp³-hybridized carbons (Fsp3) is 0.357. The molecular weight excluding hydrogens is 236 g/mol. The molecular formula is C14H15F2NO. The average Bonchev–Trinajstić information content (AvgIpc) is 2.27. The number of aromatic amines is 1. The van der Waals surface area contributed by atoms with Gasteiger partial charge in [-0.25, -0.2) is 8.78 Å². The van der Waals surface area contributed by atoms with E-state index in [4.69, 9.17) is 0 Å². The van der Waals surface area contributed by atoms with Crippen molar-refractivity contribution in [1.29, 1.82) is 0 Å². The van der Waals surface area contributed by atoms with Gasteiger partial charge in [0.25, 0.3) is 0 Å². The minimum Gasteiger partial charge on any atom is -0.358 e. The molecule has 0 aliphatic heterocycles. The topological polar surface area (TPSA) is 32.9 Å². The molecule has 0 saturated heterocycles. The quantitative estimate of drug-likeness (QED) is 0.890. The predicted octanol–water partition coefficient (Wildman–Crippen LogP) is 3.46. The van der Waals surface area contributed by atoms with Crippen LogP contribution in [0.15, 0.2) is 16.9 Å². The Bertz CT molecular complexity index is 646. The molecule has 0 bridgehead atoms. The molecule has 2 nitrogen and oxygen atoms in total. The van der Waals surface area contributed by atoms with E-state index in [1.54, 1.807) is 6.92 Å². The maximum atomic E-state index is 13.7. The Hall–Kier alpha value is -1.71. The van der Waals surface area contributed by atoms with E-state index in [-0.39, 0.29) is 16.3 Å². The molecule has 0 radical (unpaired) electrons. The number of unbranched alkanes of at least 4 members (excludes halogenated alkanes) is 1. The van der Waals surface area contributed by atoms with Crippen LogP contribution in [0.1, 0.15) is 31.0 Å². The van der Waals surface area contributed by atoms with Crippen LogP contribution in [0, 0.1) is 18.6 Å². The van der Waals surface area contributed by atoms with Gasteiger partial charge in [-0.2, -0.15) is 0 Å². The minimum absolute atomic E-state index is 0.0481. The largest absolute Gasteiger partial charge is 0.358 e. The number of benzene rings is 1. The van der Waals surface area contributed by atoms with E-state index in [0.717, 1.165) is 25.0 Å². The third kappa shape index (κ3) is 2.15. The lowest BCUT2D eigenvalue weighted by Gasteiger charge is -2.08. The van der Waals surface area contributed by atoms with Gasteiger partial charge in [0.2, 0.25) is 0 Å². The Morgan fingerprint density at radius 3 is 2.67 bits per heavy atom. The standard InChI is InChI=1S/C14H15F2NO/c1-3-4-5-10-8(2)17-12-7-9(15)6-11(16)13(12)14(10)18/h6-7H,3-5H2,1-2H3,(H,17,18). The van der Waals surface area contributed by atoms with E-state index < -0.39 is 11.6 Å². The number of H-pyrrole nitrogens is 1. The molecule has 2 rings (SSSR count). The van der Waals surface area contributed by atoms with E-state index in [1.165, 1.54) is 0 Å². The van der Waals surface area contributed by atoms with E-state index in [2.05, 4.69) is 4.98 Å². The first-order chi connectivity index (χ1) is 8.54. The van der Waals surface area contributed by atoms with E-state index in [1.807, 2.05) is 6.92 Å². The van der Waals surface area contributed by atoms with Gasteiger partial charge < -0.3 is 4.98 Å². The van der Waals surface area contributed by atoms with Gasteiger partial charge in [0.1, 0.15) is 11.6 Å². The van der Waals surface area contributed by atoms with E-state index in [9.17, 15) is 13.6 Å². The van der Waals surface area contributed by atoms with Crippen LogP contribution in [-0.2, 0) is 6.42 Å². The van der Waals surface area contributed by atoms with Gasteiger partial charge in [-0.3, -0.25) is 4.79 Å². The molecule has 0 aliphatic rings. The highest BCUT2D eigenvalue weighted by atomic mass is 19.1. The second kappa shape index (κ2) is 4.88. The molecule has 1 aromatic heterocycles. The Morgan fingerprint density at radius 2 is 2.00 bits per heavy atom. The summed E-state index contributed by atoms with van der Waals surface area (Å²) in [5.74, 6) is -1.49. The maximum Gasteiger partial charge on any atom is 0.195 e. The number of halogens is 2. The lowest BCUT2D eigenvalue weighted by molar-refractivity contribution is 0.591. The third-order valence-electron chi connectivity index (χ3n) is 3.11. The average molecular weight is 251 g/mol. The van der Waals surface area contributed by atoms with Gasteiger partial charge >= 0.3 is 0 Å². The first-order valence-electron chi connectivity index (χ1n) is 6.05. The van der Waals surface area contributed by atoms with Crippen molar-refractivity contribution < 1.29 is 8.78 Å². The third-order valence-corrected chi connectivity index (χ3v) is 3.11. The normalized spacial score (nSPS) is 11.1. The number of nitrogens with one attached hydrogen (secondary N) is 1. The first kappa shape index (κ1) is 12.7. The van der Waals surface area contributed by atoms with Crippen molar-refractivity contribution in [3.63, 3.8) is 0 Å². The zero-order valence-corrected chi connectivity index (χ0v) is 10.4. The second-order valence-corrected chi connectivity index (χ2v) is 4.47. The molecule has 0 amide bonds. The molecule has 1 heterocycles. The Morgan fingerprint density at radius 1 is 1.28 bits per heavy atom. The smallest absolute Gasteiger partial charge is 0.195 e. The van der Waals surface area contributed by atoms with Crippen molar-refractivity contribution in [1.82, 2.24) is 4.98 Å². The summed E-state index contributed by atoms with van der Waals surface area (Å²) in [6, 6.07) is 1.90. The summed E-state index contributed by atoms with van der Waals surface area (Å²) in [6.45, 7) is 3.79. The molecule has 18 heavy (non-hydrogen) atoms. The molecule has 1 aromatic carbocycles. The summed E-state index contributed by atoms with van der Waals surface area (Å²) in [7, 11) is 0. The van der Waals surface area contributed by atoms with Crippen molar-refractivity contribution in [3.05, 3.63) is 45.2 Å². The van der Waals surface area contributed by atoms with Crippen molar-refractivity contribution >= 4 is 10.9 Å². The minimum atomic E-state index is -0.802. The van der Waals surface area contributed by atoms with Crippen molar-refractivity contribution in [2.75, 3.05) is 0 Å². The number of rotatable bonds is 3. The number of aryl methyl sites for hydroxylation is 1. The monoisotopic (exact) mass is 251 g/mol. The Labute approximate surface area is 104 Å². The van der Waals surface area contributed by atoms with Crippen LogP contribution in [0.2, 0.25) is 0 Å². The van der Waals surface area contributed by atoms with Crippen LogP contribution in [0.5, 0.6) is 0 Å². The van der Waals surface area contributed by atoms with E-state index in [0.29, 0.717) is 17.7 Å². The maximum absolute atomic E-state index is 13.7. The van der Waals surface area contributed by atoms with Crippen molar-refractivity contribution in [3.8, 4) is 0 Å². The molecule has 0 aliphatic carbocycles. The highest BCUT2D eigenvalue weighted by Gasteiger charge is 2.13. The molecule has 0 unspecified atom stereocenters. The number of aromatic nitrogens is 1.